The highest BCUT2D eigenvalue weighted by atomic mass is 35.5. The molecule has 5 nitrogen and oxygen atoms in total. The van der Waals surface area contributed by atoms with Gasteiger partial charge in [-0.2, -0.15) is 0 Å². The fourth-order valence-electron chi connectivity index (χ4n) is 1.96. The Labute approximate surface area is 123 Å². The van der Waals surface area contributed by atoms with Crippen molar-refractivity contribution in [3.8, 4) is 5.88 Å². The quantitative estimate of drug-likeness (QED) is 0.874. The molecule has 1 N–H and O–H groups in total. The second-order valence-electron chi connectivity index (χ2n) is 5.13. The Balaban J connectivity index is 2.15. The van der Waals surface area contributed by atoms with Crippen LogP contribution in [0.2, 0.25) is 5.02 Å². The molecule has 0 radical (unpaired) electrons. The molecule has 1 heterocycles. The van der Waals surface area contributed by atoms with E-state index in [9.17, 15) is 4.79 Å². The molecular formula is C14H19ClN2O3. The lowest BCUT2D eigenvalue weighted by atomic mass is 10.2. The molecule has 6 heteroatoms. The topological polar surface area (TPSA) is 62.7 Å². The zero-order chi connectivity index (χ0) is 14.7. The van der Waals surface area contributed by atoms with Gasteiger partial charge in [-0.25, -0.2) is 4.98 Å². The van der Waals surface area contributed by atoms with Crippen LogP contribution in [0.4, 0.5) is 0 Å². The van der Waals surface area contributed by atoms with Crippen molar-refractivity contribution >= 4 is 17.5 Å². The summed E-state index contributed by atoms with van der Waals surface area (Å²) in [7, 11) is 0. The minimum Gasteiger partial charge on any atom is -0.474 e. The number of aromatic nitrogens is 1. The number of aliphatic hydroxyl groups is 1. The van der Waals surface area contributed by atoms with E-state index in [1.807, 2.05) is 13.8 Å². The summed E-state index contributed by atoms with van der Waals surface area (Å²) in [6, 6.07) is 1.81. The maximum Gasteiger partial charge on any atom is 0.255 e. The second kappa shape index (κ2) is 6.41. The fraction of sp³-hybridized carbons (Fsp3) is 0.571. The fourth-order valence-corrected chi connectivity index (χ4v) is 2.17. The lowest BCUT2D eigenvalue weighted by molar-refractivity contribution is 0.0707. The normalized spacial score (nSPS) is 14.4. The van der Waals surface area contributed by atoms with E-state index in [1.165, 1.54) is 6.20 Å². The van der Waals surface area contributed by atoms with Gasteiger partial charge in [-0.05, 0) is 32.8 Å². The molecule has 0 aliphatic heterocycles. The standard InChI is InChI=1S/C14H19ClN2O3/c1-9(2)20-13-12(15)7-10(8-16-13)14(19)17(5-6-18)11-3-4-11/h7-9,11,18H,3-6H2,1-2H3. The number of nitrogens with zero attached hydrogens (tertiary/aromatic N) is 2. The van der Waals surface area contributed by atoms with Crippen LogP contribution in [-0.2, 0) is 0 Å². The lowest BCUT2D eigenvalue weighted by Crippen LogP contribution is -2.35. The van der Waals surface area contributed by atoms with Crippen LogP contribution in [0.25, 0.3) is 0 Å². The first-order chi connectivity index (χ1) is 9.52. The molecule has 0 aromatic carbocycles. The Morgan fingerprint density at radius 3 is 2.80 bits per heavy atom. The smallest absolute Gasteiger partial charge is 0.255 e. The van der Waals surface area contributed by atoms with Crippen LogP contribution in [0.5, 0.6) is 5.88 Å². The van der Waals surface area contributed by atoms with Crippen LogP contribution < -0.4 is 4.74 Å². The van der Waals surface area contributed by atoms with Gasteiger partial charge in [0, 0.05) is 18.8 Å². The van der Waals surface area contributed by atoms with Gasteiger partial charge in [-0.3, -0.25) is 4.79 Å². The molecule has 1 amide bonds. The molecule has 1 fully saturated rings. The van der Waals surface area contributed by atoms with Crippen molar-refractivity contribution in [1.29, 1.82) is 0 Å². The second-order valence-corrected chi connectivity index (χ2v) is 5.54. The molecule has 1 aliphatic carbocycles. The van der Waals surface area contributed by atoms with Crippen LogP contribution in [0.1, 0.15) is 37.0 Å². The van der Waals surface area contributed by atoms with Crippen LogP contribution in [-0.4, -0.2) is 46.2 Å². The zero-order valence-corrected chi connectivity index (χ0v) is 12.4. The first-order valence-electron chi connectivity index (χ1n) is 6.77. The number of rotatable bonds is 6. The van der Waals surface area contributed by atoms with Crippen molar-refractivity contribution in [2.75, 3.05) is 13.2 Å². The third kappa shape index (κ3) is 3.61. The summed E-state index contributed by atoms with van der Waals surface area (Å²) < 4.78 is 5.44. The molecule has 0 bridgehead atoms. The van der Waals surface area contributed by atoms with E-state index in [2.05, 4.69) is 4.98 Å². The highest BCUT2D eigenvalue weighted by molar-refractivity contribution is 6.32. The Morgan fingerprint density at radius 1 is 1.60 bits per heavy atom. The summed E-state index contributed by atoms with van der Waals surface area (Å²) in [6.07, 6.45) is 3.42. The van der Waals surface area contributed by atoms with Gasteiger partial charge >= 0.3 is 0 Å². The van der Waals surface area contributed by atoms with Gasteiger partial charge < -0.3 is 14.7 Å². The monoisotopic (exact) mass is 298 g/mol. The van der Waals surface area contributed by atoms with Gasteiger partial charge in [-0.1, -0.05) is 11.6 Å². The van der Waals surface area contributed by atoms with Gasteiger partial charge in [0.2, 0.25) is 5.88 Å². The van der Waals surface area contributed by atoms with E-state index in [0.29, 0.717) is 23.0 Å². The average Bonchev–Trinajstić information content (AvgIpc) is 3.21. The maximum absolute atomic E-state index is 12.4. The maximum atomic E-state index is 12.4. The number of amides is 1. The van der Waals surface area contributed by atoms with Gasteiger partial charge in [0.1, 0.15) is 5.02 Å². The summed E-state index contributed by atoms with van der Waals surface area (Å²) in [5, 5.41) is 9.37. The van der Waals surface area contributed by atoms with Crippen molar-refractivity contribution < 1.29 is 14.6 Å². The Morgan fingerprint density at radius 2 is 2.30 bits per heavy atom. The SMILES string of the molecule is CC(C)Oc1ncc(C(=O)N(CCO)C2CC2)cc1Cl. The highest BCUT2D eigenvalue weighted by Gasteiger charge is 2.32. The van der Waals surface area contributed by atoms with Gasteiger partial charge in [-0.15, -0.1) is 0 Å². The highest BCUT2D eigenvalue weighted by Crippen LogP contribution is 2.29. The van der Waals surface area contributed by atoms with Crippen molar-refractivity contribution in [2.24, 2.45) is 0 Å². The van der Waals surface area contributed by atoms with Crippen molar-refractivity contribution in [3.05, 3.63) is 22.8 Å². The van der Waals surface area contributed by atoms with Crippen molar-refractivity contribution in [1.82, 2.24) is 9.88 Å². The molecule has 1 aromatic rings. The van der Waals surface area contributed by atoms with E-state index >= 15 is 0 Å². The number of halogens is 1. The zero-order valence-electron chi connectivity index (χ0n) is 11.7. The van der Waals surface area contributed by atoms with Crippen LogP contribution in [0.3, 0.4) is 0 Å². The molecule has 0 atom stereocenters. The Hall–Kier alpha value is -1.33. The predicted octanol–water partition coefficient (Wildman–Crippen LogP) is 2.12. The molecule has 1 saturated carbocycles. The summed E-state index contributed by atoms with van der Waals surface area (Å²) in [4.78, 5) is 18.2. The van der Waals surface area contributed by atoms with Crippen LogP contribution in [0, 0.1) is 0 Å². The van der Waals surface area contributed by atoms with E-state index in [0.717, 1.165) is 12.8 Å². The Bertz CT molecular complexity index is 489. The summed E-state index contributed by atoms with van der Waals surface area (Å²) in [6.45, 7) is 4.06. The van der Waals surface area contributed by atoms with Crippen LogP contribution in [0.15, 0.2) is 12.3 Å². The van der Waals surface area contributed by atoms with E-state index in [4.69, 9.17) is 21.4 Å². The van der Waals surface area contributed by atoms with Gasteiger partial charge in [0.05, 0.1) is 18.3 Å². The lowest BCUT2D eigenvalue weighted by Gasteiger charge is -2.21. The van der Waals surface area contributed by atoms with Gasteiger partial charge in [0.25, 0.3) is 5.91 Å². The molecule has 1 aromatic heterocycles. The van der Waals surface area contributed by atoms with Gasteiger partial charge in [0.15, 0.2) is 0 Å². The first-order valence-corrected chi connectivity index (χ1v) is 7.14. The van der Waals surface area contributed by atoms with E-state index < -0.39 is 0 Å². The number of ether oxygens (including phenoxy) is 1. The molecule has 110 valence electrons. The molecular weight excluding hydrogens is 280 g/mol. The number of pyridine rings is 1. The van der Waals surface area contributed by atoms with Crippen molar-refractivity contribution in [2.45, 2.75) is 38.8 Å². The minimum atomic E-state index is -0.146. The number of aliphatic hydroxyl groups excluding tert-OH is 1. The number of carbonyl (C=O) groups is 1. The predicted molar refractivity (Wildman–Crippen MR) is 76.2 cm³/mol. The largest absolute Gasteiger partial charge is 0.474 e. The third-order valence-corrected chi connectivity index (χ3v) is 3.26. The molecule has 2 rings (SSSR count). The number of carbonyl (C=O) groups excluding carboxylic acids is 1. The van der Waals surface area contributed by atoms with Crippen molar-refractivity contribution in [3.63, 3.8) is 0 Å². The molecule has 0 saturated heterocycles. The third-order valence-electron chi connectivity index (χ3n) is 2.99. The molecule has 1 aliphatic rings. The number of hydrogen-bond donors (Lipinski definition) is 1. The first kappa shape index (κ1) is 15.1. The molecule has 0 spiro atoms. The molecule has 0 unspecified atom stereocenters. The molecule has 20 heavy (non-hydrogen) atoms. The summed E-state index contributed by atoms with van der Waals surface area (Å²) in [5.74, 6) is 0.186. The Kier molecular flexibility index (Phi) is 4.83. The summed E-state index contributed by atoms with van der Waals surface area (Å²) >= 11 is 6.09. The van der Waals surface area contributed by atoms with Crippen LogP contribution >= 0.6 is 11.6 Å². The van der Waals surface area contributed by atoms with E-state index in [1.54, 1.807) is 11.0 Å². The summed E-state index contributed by atoms with van der Waals surface area (Å²) in [5.41, 5.74) is 0.423. The number of hydrogen-bond acceptors (Lipinski definition) is 4. The average molecular weight is 299 g/mol. The minimum absolute atomic E-state index is 0.0288. The van der Waals surface area contributed by atoms with E-state index in [-0.39, 0.29) is 24.7 Å².